The molecule has 0 saturated heterocycles. The van der Waals surface area contributed by atoms with Gasteiger partial charge < -0.3 is 33.2 Å². The second-order valence-corrected chi connectivity index (χ2v) is 16.8. The Morgan fingerprint density at radius 1 is 0.492 bits per heavy atom. The summed E-state index contributed by atoms with van der Waals surface area (Å²) in [5.74, 6) is 0.556. The van der Waals surface area contributed by atoms with Gasteiger partial charge >= 0.3 is 29.8 Å². The van der Waals surface area contributed by atoms with Crippen molar-refractivity contribution in [3.05, 3.63) is 108 Å². The van der Waals surface area contributed by atoms with Gasteiger partial charge in [-0.05, 0) is 150 Å². The molecule has 0 fully saturated rings. The topological polar surface area (TPSA) is 150 Å². The molecule has 0 atom stereocenters. The Balaban J connectivity index is 0.000000485. The van der Waals surface area contributed by atoms with Gasteiger partial charge in [0.2, 0.25) is 0 Å². The zero-order valence-electron chi connectivity index (χ0n) is 39.9. The van der Waals surface area contributed by atoms with E-state index in [-0.39, 0.29) is 29.3 Å². The number of rotatable bonds is 28. The number of unbranched alkanes of at least 4 members (excludes halogenated alkanes) is 8. The maximum Gasteiger partial charge on any atom is 0.343 e. The lowest BCUT2D eigenvalue weighted by molar-refractivity contribution is -0.139. The summed E-state index contributed by atoms with van der Waals surface area (Å²) in [5.41, 5.74) is 2.25. The van der Waals surface area contributed by atoms with Gasteiger partial charge in [-0.1, -0.05) is 60.6 Å². The highest BCUT2D eigenvalue weighted by Gasteiger charge is 2.23. The SMILES string of the molecule is C=C(C)C(=O)OCCCCCCOc1ccc(C(=O)OCCCC)cc1.C=C(C)C(=O)OCCCCCCOc1ccc(C(=O)Oc2ccc(OC(=O)CCCC)c(C(C)(C)C)c2)cc1. The molecule has 356 valence electrons. The molecule has 0 unspecified atom stereocenters. The molecule has 12 nitrogen and oxygen atoms in total. The molecule has 3 aromatic carbocycles. The number of benzene rings is 3. The van der Waals surface area contributed by atoms with E-state index in [4.69, 9.17) is 33.2 Å². The maximum atomic E-state index is 12.7. The van der Waals surface area contributed by atoms with Gasteiger partial charge in [-0.25, -0.2) is 19.2 Å². The van der Waals surface area contributed by atoms with Crippen LogP contribution >= 0.6 is 0 Å². The quantitative estimate of drug-likeness (QED) is 0.0224. The average Bonchev–Trinajstić information content (AvgIpc) is 3.28. The van der Waals surface area contributed by atoms with Crippen molar-refractivity contribution in [2.75, 3.05) is 33.0 Å². The van der Waals surface area contributed by atoms with E-state index < -0.39 is 5.97 Å². The molecule has 0 heterocycles. The first-order chi connectivity index (χ1) is 31.0. The van der Waals surface area contributed by atoms with Crippen molar-refractivity contribution in [2.45, 2.75) is 137 Å². The van der Waals surface area contributed by atoms with Crippen LogP contribution in [0.3, 0.4) is 0 Å². The Kier molecular flexibility index (Phi) is 26.4. The molecular weight excluding hydrogens is 829 g/mol. The fraction of sp³-hybridized carbons (Fsp3) is 0.491. The van der Waals surface area contributed by atoms with E-state index in [2.05, 4.69) is 20.1 Å². The lowest BCUT2D eigenvalue weighted by atomic mass is 9.86. The number of esters is 5. The molecule has 65 heavy (non-hydrogen) atoms. The summed E-state index contributed by atoms with van der Waals surface area (Å²) < 4.78 is 37.9. The summed E-state index contributed by atoms with van der Waals surface area (Å²) >= 11 is 0. The van der Waals surface area contributed by atoms with E-state index in [9.17, 15) is 24.0 Å². The smallest absolute Gasteiger partial charge is 0.343 e. The van der Waals surface area contributed by atoms with Gasteiger partial charge in [0, 0.05) is 23.1 Å². The molecule has 0 amide bonds. The summed E-state index contributed by atoms with van der Waals surface area (Å²) in [5, 5.41) is 0. The molecule has 3 aromatic rings. The molecule has 0 bridgehead atoms. The van der Waals surface area contributed by atoms with Gasteiger partial charge in [-0.3, -0.25) is 4.79 Å². The minimum atomic E-state index is -0.485. The average molecular weight is 901 g/mol. The fourth-order valence-electron chi connectivity index (χ4n) is 5.75. The monoisotopic (exact) mass is 901 g/mol. The van der Waals surface area contributed by atoms with E-state index in [1.54, 1.807) is 80.6 Å². The number of carbonyl (C=O) groups excluding carboxylic acids is 5. The van der Waals surface area contributed by atoms with Crippen LogP contribution in [0.25, 0.3) is 0 Å². The molecule has 0 aliphatic carbocycles. The molecular formula is C53H72O12. The van der Waals surface area contributed by atoms with Crippen LogP contribution < -0.4 is 18.9 Å². The Morgan fingerprint density at radius 2 is 0.923 bits per heavy atom. The summed E-state index contributed by atoms with van der Waals surface area (Å²) in [4.78, 5) is 59.2. The van der Waals surface area contributed by atoms with Gasteiger partial charge in [0.25, 0.3) is 0 Å². The molecule has 0 aliphatic heterocycles. The van der Waals surface area contributed by atoms with Gasteiger partial charge in [0.05, 0.1) is 44.2 Å². The van der Waals surface area contributed by atoms with Crippen molar-refractivity contribution in [3.8, 4) is 23.0 Å². The van der Waals surface area contributed by atoms with Crippen molar-refractivity contribution < 1.29 is 57.1 Å². The van der Waals surface area contributed by atoms with Gasteiger partial charge in [0.1, 0.15) is 23.0 Å². The van der Waals surface area contributed by atoms with Crippen LogP contribution in [0.4, 0.5) is 0 Å². The van der Waals surface area contributed by atoms with Crippen LogP contribution in [0, 0.1) is 0 Å². The standard InChI is InChI=1S/C32H42O7.C21H30O5/c1-7-8-13-29(33)39-28-19-18-26(22-27(28)32(4,5)6)38-31(35)24-14-16-25(17-15-24)36-20-11-9-10-12-21-37-30(34)23(2)3;1-4-5-14-26-21(23)18-10-12-19(13-11-18)24-15-8-6-7-9-16-25-20(22)17(2)3/h14-19,22H,2,7-13,20-21H2,1,3-6H3;10-13H,2,4-9,14-16H2,1,3H3. The van der Waals surface area contributed by atoms with E-state index in [0.29, 0.717) is 79.0 Å². The maximum absolute atomic E-state index is 12.7. The minimum absolute atomic E-state index is 0.268. The minimum Gasteiger partial charge on any atom is -0.494 e. The van der Waals surface area contributed by atoms with E-state index in [1.165, 1.54) is 0 Å². The first-order valence-corrected chi connectivity index (χ1v) is 22.9. The third-order valence-corrected chi connectivity index (χ3v) is 9.62. The van der Waals surface area contributed by atoms with Gasteiger partial charge in [-0.15, -0.1) is 0 Å². The van der Waals surface area contributed by atoms with Crippen LogP contribution in [0.1, 0.15) is 158 Å². The Bertz CT molecular complexity index is 1940. The lowest BCUT2D eigenvalue weighted by Crippen LogP contribution is -2.17. The fourth-order valence-corrected chi connectivity index (χ4v) is 5.75. The van der Waals surface area contributed by atoms with Crippen LogP contribution in [-0.2, 0) is 34.0 Å². The normalized spacial score (nSPS) is 10.7. The Hall–Kier alpha value is -5.91. The summed E-state index contributed by atoms with van der Waals surface area (Å²) in [6.45, 7) is 22.9. The molecule has 0 spiro atoms. The highest BCUT2D eigenvalue weighted by Crippen LogP contribution is 2.35. The third kappa shape index (κ3) is 23.6. The second-order valence-electron chi connectivity index (χ2n) is 16.8. The first-order valence-electron chi connectivity index (χ1n) is 22.9. The van der Waals surface area contributed by atoms with E-state index >= 15 is 0 Å². The number of ether oxygens (including phenoxy) is 7. The Labute approximate surface area is 387 Å². The van der Waals surface area contributed by atoms with E-state index in [0.717, 1.165) is 88.4 Å². The van der Waals surface area contributed by atoms with E-state index in [1.807, 2.05) is 27.7 Å². The van der Waals surface area contributed by atoms with Crippen molar-refractivity contribution in [1.29, 1.82) is 0 Å². The number of hydrogen-bond acceptors (Lipinski definition) is 12. The first kappa shape index (κ1) is 55.2. The highest BCUT2D eigenvalue weighted by atomic mass is 16.6. The van der Waals surface area contributed by atoms with Gasteiger partial charge in [-0.2, -0.15) is 0 Å². The summed E-state index contributed by atoms with van der Waals surface area (Å²) in [6.07, 6.45) is 11.3. The molecule has 3 rings (SSSR count). The Morgan fingerprint density at radius 3 is 1.37 bits per heavy atom. The van der Waals surface area contributed by atoms with Crippen molar-refractivity contribution >= 4 is 29.8 Å². The van der Waals surface area contributed by atoms with Crippen molar-refractivity contribution in [2.24, 2.45) is 0 Å². The van der Waals surface area contributed by atoms with Crippen LogP contribution in [0.15, 0.2) is 91.0 Å². The molecule has 12 heteroatoms. The summed E-state index contributed by atoms with van der Waals surface area (Å²) in [7, 11) is 0. The molecule has 0 radical (unpaired) electrons. The van der Waals surface area contributed by atoms with Crippen molar-refractivity contribution in [3.63, 3.8) is 0 Å². The zero-order chi connectivity index (χ0) is 48.0. The zero-order valence-corrected chi connectivity index (χ0v) is 39.9. The summed E-state index contributed by atoms with van der Waals surface area (Å²) in [6, 6.07) is 18.9. The number of hydrogen-bond donors (Lipinski definition) is 0. The predicted octanol–water partition coefficient (Wildman–Crippen LogP) is 12.1. The van der Waals surface area contributed by atoms with Crippen LogP contribution in [0.5, 0.6) is 23.0 Å². The largest absolute Gasteiger partial charge is 0.494 e. The molecule has 0 aliphatic rings. The van der Waals surface area contributed by atoms with Gasteiger partial charge in [0.15, 0.2) is 0 Å². The van der Waals surface area contributed by atoms with Crippen LogP contribution in [-0.4, -0.2) is 62.9 Å². The second kappa shape index (κ2) is 31.0. The highest BCUT2D eigenvalue weighted by molar-refractivity contribution is 5.91. The molecule has 0 N–H and O–H groups in total. The molecule has 0 saturated carbocycles. The molecule has 0 aromatic heterocycles. The lowest BCUT2D eigenvalue weighted by Gasteiger charge is -2.23. The predicted molar refractivity (Wildman–Crippen MR) is 253 cm³/mol. The third-order valence-electron chi connectivity index (χ3n) is 9.62. The van der Waals surface area contributed by atoms with Crippen LogP contribution in [0.2, 0.25) is 0 Å². The number of carbonyl (C=O) groups is 5. The van der Waals surface area contributed by atoms with Crippen molar-refractivity contribution in [1.82, 2.24) is 0 Å².